The molecule has 3 aromatic carbocycles. The lowest BCUT2D eigenvalue weighted by Crippen LogP contribution is -2.00. The Morgan fingerprint density at radius 2 is 1.46 bits per heavy atom. The molecule has 0 spiro atoms. The first-order valence-electron chi connectivity index (χ1n) is 8.30. The summed E-state index contributed by atoms with van der Waals surface area (Å²) in [6, 6.07) is 19.5. The second kappa shape index (κ2) is 7.74. The maximum absolute atomic E-state index is 11.6. The number of ether oxygens (including phenoxy) is 2. The number of rotatable bonds is 6. The number of anilines is 1. The SMILES string of the molecule is CNc1c(C=O)ccc(-c2cccc(OC)c2)c1-c1cccc(OC)c1. The largest absolute Gasteiger partial charge is 0.497 e. The Labute approximate surface area is 153 Å². The fourth-order valence-electron chi connectivity index (χ4n) is 3.10. The van der Waals surface area contributed by atoms with E-state index in [9.17, 15) is 4.79 Å². The van der Waals surface area contributed by atoms with Crippen LogP contribution in [0.5, 0.6) is 11.5 Å². The highest BCUT2D eigenvalue weighted by Gasteiger charge is 2.16. The molecule has 0 aliphatic rings. The Morgan fingerprint density at radius 1 is 0.846 bits per heavy atom. The molecule has 0 aliphatic carbocycles. The van der Waals surface area contributed by atoms with Crippen molar-refractivity contribution in [3.05, 3.63) is 66.2 Å². The number of carbonyl (C=O) groups is 1. The molecule has 0 amide bonds. The smallest absolute Gasteiger partial charge is 0.152 e. The van der Waals surface area contributed by atoms with Gasteiger partial charge in [0.15, 0.2) is 6.29 Å². The molecule has 0 heterocycles. The van der Waals surface area contributed by atoms with E-state index in [1.54, 1.807) is 14.2 Å². The van der Waals surface area contributed by atoms with Crippen LogP contribution in [0, 0.1) is 0 Å². The fraction of sp³-hybridized carbons (Fsp3) is 0.136. The average Bonchev–Trinajstić information content (AvgIpc) is 2.72. The Hall–Kier alpha value is -3.27. The van der Waals surface area contributed by atoms with Crippen LogP contribution in [0.2, 0.25) is 0 Å². The second-order valence-corrected chi connectivity index (χ2v) is 5.78. The molecular formula is C22H21NO3. The van der Waals surface area contributed by atoms with Crippen molar-refractivity contribution >= 4 is 12.0 Å². The third kappa shape index (κ3) is 3.26. The summed E-state index contributed by atoms with van der Waals surface area (Å²) in [7, 11) is 5.11. The number of benzene rings is 3. The molecular weight excluding hydrogens is 326 g/mol. The molecule has 4 nitrogen and oxygen atoms in total. The minimum Gasteiger partial charge on any atom is -0.497 e. The Morgan fingerprint density at radius 3 is 2.04 bits per heavy atom. The Kier molecular flexibility index (Phi) is 5.23. The van der Waals surface area contributed by atoms with E-state index < -0.39 is 0 Å². The monoisotopic (exact) mass is 347 g/mol. The highest BCUT2D eigenvalue weighted by Crippen LogP contribution is 2.41. The summed E-state index contributed by atoms with van der Waals surface area (Å²) in [5, 5.41) is 3.19. The first-order chi connectivity index (χ1) is 12.7. The molecule has 0 radical (unpaired) electrons. The Balaban J connectivity index is 2.32. The van der Waals surface area contributed by atoms with Gasteiger partial charge in [-0.05, 0) is 47.0 Å². The molecule has 0 unspecified atom stereocenters. The van der Waals surface area contributed by atoms with Gasteiger partial charge in [0.05, 0.1) is 19.9 Å². The van der Waals surface area contributed by atoms with Crippen LogP contribution in [-0.4, -0.2) is 27.6 Å². The number of hydrogen-bond acceptors (Lipinski definition) is 4. The summed E-state index contributed by atoms with van der Waals surface area (Å²) < 4.78 is 10.7. The summed E-state index contributed by atoms with van der Waals surface area (Å²) in [5.74, 6) is 1.54. The van der Waals surface area contributed by atoms with Gasteiger partial charge < -0.3 is 14.8 Å². The maximum atomic E-state index is 11.6. The molecule has 4 heteroatoms. The number of nitrogens with one attached hydrogen (secondary N) is 1. The van der Waals surface area contributed by atoms with E-state index in [0.29, 0.717) is 5.56 Å². The predicted molar refractivity (Wildman–Crippen MR) is 105 cm³/mol. The summed E-state index contributed by atoms with van der Waals surface area (Å²) in [5.41, 5.74) is 5.33. The number of aldehydes is 1. The van der Waals surface area contributed by atoms with Crippen molar-refractivity contribution in [2.75, 3.05) is 26.6 Å². The third-order valence-corrected chi connectivity index (χ3v) is 4.35. The van der Waals surface area contributed by atoms with E-state index in [0.717, 1.165) is 45.7 Å². The van der Waals surface area contributed by atoms with E-state index in [2.05, 4.69) is 5.32 Å². The van der Waals surface area contributed by atoms with Crippen LogP contribution in [0.4, 0.5) is 5.69 Å². The van der Waals surface area contributed by atoms with Crippen molar-refractivity contribution in [1.29, 1.82) is 0 Å². The molecule has 132 valence electrons. The van der Waals surface area contributed by atoms with Gasteiger partial charge in [0.2, 0.25) is 0 Å². The third-order valence-electron chi connectivity index (χ3n) is 4.35. The highest BCUT2D eigenvalue weighted by atomic mass is 16.5. The van der Waals surface area contributed by atoms with E-state index in [-0.39, 0.29) is 0 Å². The number of hydrogen-bond donors (Lipinski definition) is 1. The average molecular weight is 347 g/mol. The van der Waals surface area contributed by atoms with E-state index in [1.165, 1.54) is 0 Å². The summed E-state index contributed by atoms with van der Waals surface area (Å²) >= 11 is 0. The van der Waals surface area contributed by atoms with Gasteiger partial charge in [0.25, 0.3) is 0 Å². The molecule has 3 rings (SSSR count). The van der Waals surface area contributed by atoms with Crippen molar-refractivity contribution in [2.45, 2.75) is 0 Å². The van der Waals surface area contributed by atoms with Crippen LogP contribution >= 0.6 is 0 Å². The van der Waals surface area contributed by atoms with Crippen LogP contribution in [-0.2, 0) is 0 Å². The van der Waals surface area contributed by atoms with Gasteiger partial charge in [0, 0.05) is 18.2 Å². The van der Waals surface area contributed by atoms with Crippen LogP contribution in [0.25, 0.3) is 22.3 Å². The minimum atomic E-state index is 0.608. The minimum absolute atomic E-state index is 0.608. The molecule has 0 aliphatic heterocycles. The van der Waals surface area contributed by atoms with E-state index in [4.69, 9.17) is 9.47 Å². The lowest BCUT2D eigenvalue weighted by molar-refractivity contribution is 0.112. The lowest BCUT2D eigenvalue weighted by atomic mass is 9.90. The zero-order chi connectivity index (χ0) is 18.5. The molecule has 0 atom stereocenters. The fourth-order valence-corrected chi connectivity index (χ4v) is 3.10. The zero-order valence-electron chi connectivity index (χ0n) is 15.1. The lowest BCUT2D eigenvalue weighted by Gasteiger charge is -2.18. The normalized spacial score (nSPS) is 10.3. The van der Waals surface area contributed by atoms with Crippen LogP contribution in [0.1, 0.15) is 10.4 Å². The zero-order valence-corrected chi connectivity index (χ0v) is 15.1. The molecule has 1 N–H and O–H groups in total. The van der Waals surface area contributed by atoms with Gasteiger partial charge in [-0.15, -0.1) is 0 Å². The van der Waals surface area contributed by atoms with Crippen molar-refractivity contribution in [3.63, 3.8) is 0 Å². The van der Waals surface area contributed by atoms with Crippen molar-refractivity contribution in [3.8, 4) is 33.8 Å². The first kappa shape index (κ1) is 17.5. The number of methoxy groups -OCH3 is 2. The summed E-state index contributed by atoms with van der Waals surface area (Å²) in [6.07, 6.45) is 0.866. The predicted octanol–water partition coefficient (Wildman–Crippen LogP) is 4.89. The molecule has 0 bridgehead atoms. The topological polar surface area (TPSA) is 47.6 Å². The van der Waals surface area contributed by atoms with Gasteiger partial charge in [0.1, 0.15) is 11.5 Å². The van der Waals surface area contributed by atoms with Crippen LogP contribution in [0.15, 0.2) is 60.7 Å². The standard InChI is InChI=1S/C22H21NO3/c1-23-22-17(14-24)10-11-20(15-6-4-8-18(12-15)25-2)21(22)16-7-5-9-19(13-16)26-3/h4-14,23H,1-3H3. The molecule has 26 heavy (non-hydrogen) atoms. The Bertz CT molecular complexity index is 934. The summed E-state index contributed by atoms with van der Waals surface area (Å²) in [6.45, 7) is 0. The van der Waals surface area contributed by atoms with E-state index in [1.807, 2.05) is 67.7 Å². The van der Waals surface area contributed by atoms with Gasteiger partial charge >= 0.3 is 0 Å². The van der Waals surface area contributed by atoms with Crippen LogP contribution < -0.4 is 14.8 Å². The van der Waals surface area contributed by atoms with Gasteiger partial charge in [-0.2, -0.15) is 0 Å². The second-order valence-electron chi connectivity index (χ2n) is 5.78. The quantitative estimate of drug-likeness (QED) is 0.645. The van der Waals surface area contributed by atoms with Crippen molar-refractivity contribution in [1.82, 2.24) is 0 Å². The summed E-state index contributed by atoms with van der Waals surface area (Å²) in [4.78, 5) is 11.6. The molecule has 0 saturated heterocycles. The molecule has 0 aromatic heterocycles. The molecule has 3 aromatic rings. The highest BCUT2D eigenvalue weighted by molar-refractivity contribution is 5.99. The van der Waals surface area contributed by atoms with Gasteiger partial charge in [-0.1, -0.05) is 30.3 Å². The van der Waals surface area contributed by atoms with Crippen molar-refractivity contribution < 1.29 is 14.3 Å². The number of carbonyl (C=O) groups excluding carboxylic acids is 1. The van der Waals surface area contributed by atoms with E-state index >= 15 is 0 Å². The molecule has 0 saturated carbocycles. The van der Waals surface area contributed by atoms with Crippen LogP contribution in [0.3, 0.4) is 0 Å². The van der Waals surface area contributed by atoms with Crippen molar-refractivity contribution in [2.24, 2.45) is 0 Å². The molecule has 0 fully saturated rings. The first-order valence-corrected chi connectivity index (χ1v) is 8.30. The van der Waals surface area contributed by atoms with Gasteiger partial charge in [-0.25, -0.2) is 0 Å². The maximum Gasteiger partial charge on any atom is 0.152 e. The van der Waals surface area contributed by atoms with Gasteiger partial charge in [-0.3, -0.25) is 4.79 Å².